The summed E-state index contributed by atoms with van der Waals surface area (Å²) in [5, 5.41) is 14.7. The van der Waals surface area contributed by atoms with Gasteiger partial charge in [0.1, 0.15) is 6.42 Å². The van der Waals surface area contributed by atoms with Gasteiger partial charge in [-0.2, -0.15) is 5.10 Å². The summed E-state index contributed by atoms with van der Waals surface area (Å²) >= 11 is 0. The average Bonchev–Trinajstić information content (AvgIpc) is 2.50. The van der Waals surface area contributed by atoms with Gasteiger partial charge in [-0.25, -0.2) is 0 Å². The van der Waals surface area contributed by atoms with Crippen molar-refractivity contribution in [2.45, 2.75) is 19.9 Å². The van der Waals surface area contributed by atoms with Crippen molar-refractivity contribution in [1.29, 1.82) is 0 Å². The van der Waals surface area contributed by atoms with Gasteiger partial charge in [0.25, 0.3) is 0 Å². The predicted octanol–water partition coefficient (Wildman–Crippen LogP) is 0.316. The van der Waals surface area contributed by atoms with Crippen LogP contribution in [0.2, 0.25) is 0 Å². The summed E-state index contributed by atoms with van der Waals surface area (Å²) in [6, 6.07) is 0. The zero-order valence-corrected chi connectivity index (χ0v) is 7.73. The van der Waals surface area contributed by atoms with E-state index in [-0.39, 0.29) is 0 Å². The van der Waals surface area contributed by atoms with E-state index in [1.807, 2.05) is 6.92 Å². The van der Waals surface area contributed by atoms with E-state index in [4.69, 9.17) is 5.11 Å². The standard InChI is InChI=1S/C8H11N3O3/c1-2-11-5-6(4-9-11)10-7(12)3-8(13)14/h4-5H,2-3H2,1H3,(H,10,12)(H,13,14). The second-order valence-electron chi connectivity index (χ2n) is 2.70. The van der Waals surface area contributed by atoms with Crippen molar-refractivity contribution < 1.29 is 14.7 Å². The Balaban J connectivity index is 2.51. The molecule has 0 aliphatic carbocycles. The summed E-state index contributed by atoms with van der Waals surface area (Å²) in [6.45, 7) is 2.62. The molecule has 1 aromatic rings. The maximum Gasteiger partial charge on any atom is 0.312 e. The van der Waals surface area contributed by atoms with Crippen LogP contribution in [-0.2, 0) is 16.1 Å². The van der Waals surface area contributed by atoms with Crippen LogP contribution in [0, 0.1) is 0 Å². The molecule has 0 saturated heterocycles. The van der Waals surface area contributed by atoms with E-state index >= 15 is 0 Å². The molecule has 6 heteroatoms. The number of aromatic nitrogens is 2. The van der Waals surface area contributed by atoms with E-state index in [1.165, 1.54) is 6.20 Å². The number of nitrogens with zero attached hydrogens (tertiary/aromatic N) is 2. The summed E-state index contributed by atoms with van der Waals surface area (Å²) in [6.07, 6.45) is 2.58. The van der Waals surface area contributed by atoms with Crippen LogP contribution in [-0.4, -0.2) is 26.8 Å². The molecule has 0 unspecified atom stereocenters. The first kappa shape index (κ1) is 10.2. The zero-order chi connectivity index (χ0) is 10.6. The molecule has 0 fully saturated rings. The molecular weight excluding hydrogens is 186 g/mol. The fourth-order valence-corrected chi connectivity index (χ4v) is 0.944. The highest BCUT2D eigenvalue weighted by molar-refractivity contribution is 6.01. The highest BCUT2D eigenvalue weighted by Crippen LogP contribution is 2.04. The average molecular weight is 197 g/mol. The van der Waals surface area contributed by atoms with Gasteiger partial charge < -0.3 is 10.4 Å². The van der Waals surface area contributed by atoms with Crippen molar-refractivity contribution in [2.24, 2.45) is 0 Å². The molecule has 14 heavy (non-hydrogen) atoms. The Hall–Kier alpha value is -1.85. The normalized spacial score (nSPS) is 9.79. The van der Waals surface area contributed by atoms with Gasteiger partial charge in [0, 0.05) is 12.7 Å². The minimum Gasteiger partial charge on any atom is -0.481 e. The van der Waals surface area contributed by atoms with Crippen molar-refractivity contribution in [3.63, 3.8) is 0 Å². The molecule has 0 aromatic carbocycles. The molecule has 0 aliphatic heterocycles. The number of carboxylic acid groups (broad SMARTS) is 1. The number of carbonyl (C=O) groups is 2. The highest BCUT2D eigenvalue weighted by Gasteiger charge is 2.08. The van der Waals surface area contributed by atoms with Crippen LogP contribution >= 0.6 is 0 Å². The monoisotopic (exact) mass is 197 g/mol. The smallest absolute Gasteiger partial charge is 0.312 e. The predicted molar refractivity (Wildman–Crippen MR) is 48.8 cm³/mol. The lowest BCUT2D eigenvalue weighted by molar-refractivity contribution is -0.139. The Morgan fingerprint density at radius 2 is 2.36 bits per heavy atom. The first-order valence-electron chi connectivity index (χ1n) is 4.16. The number of amides is 1. The lowest BCUT2D eigenvalue weighted by Crippen LogP contribution is -2.15. The Bertz CT molecular complexity index is 345. The fraction of sp³-hybridized carbons (Fsp3) is 0.375. The number of hydrogen-bond donors (Lipinski definition) is 2. The molecule has 76 valence electrons. The van der Waals surface area contributed by atoms with Crippen molar-refractivity contribution in [3.05, 3.63) is 12.4 Å². The molecule has 0 spiro atoms. The molecule has 0 aliphatic rings. The van der Waals surface area contributed by atoms with Gasteiger partial charge in [-0.05, 0) is 6.92 Å². The van der Waals surface area contributed by atoms with Crippen molar-refractivity contribution >= 4 is 17.6 Å². The molecule has 1 amide bonds. The van der Waals surface area contributed by atoms with Crippen molar-refractivity contribution in [2.75, 3.05) is 5.32 Å². The quantitative estimate of drug-likeness (QED) is 0.680. The van der Waals surface area contributed by atoms with E-state index in [9.17, 15) is 9.59 Å². The molecule has 1 heterocycles. The second-order valence-corrected chi connectivity index (χ2v) is 2.70. The van der Waals surface area contributed by atoms with Crippen LogP contribution < -0.4 is 5.32 Å². The van der Waals surface area contributed by atoms with Crippen LogP contribution in [0.25, 0.3) is 0 Å². The van der Waals surface area contributed by atoms with Crippen molar-refractivity contribution in [1.82, 2.24) is 9.78 Å². The molecule has 6 nitrogen and oxygen atoms in total. The molecule has 0 saturated carbocycles. The molecule has 1 aromatic heterocycles. The van der Waals surface area contributed by atoms with E-state index in [0.29, 0.717) is 12.2 Å². The zero-order valence-electron chi connectivity index (χ0n) is 7.73. The largest absolute Gasteiger partial charge is 0.481 e. The van der Waals surface area contributed by atoms with Crippen LogP contribution in [0.15, 0.2) is 12.4 Å². The molecule has 0 atom stereocenters. The Morgan fingerprint density at radius 1 is 1.64 bits per heavy atom. The number of anilines is 1. The minimum atomic E-state index is -1.15. The Morgan fingerprint density at radius 3 is 2.86 bits per heavy atom. The first-order chi connectivity index (χ1) is 6.61. The number of nitrogens with one attached hydrogen (secondary N) is 1. The van der Waals surface area contributed by atoms with Gasteiger partial charge in [0.2, 0.25) is 5.91 Å². The van der Waals surface area contributed by atoms with E-state index < -0.39 is 18.3 Å². The lowest BCUT2D eigenvalue weighted by atomic mass is 10.4. The van der Waals surface area contributed by atoms with Gasteiger partial charge in [0.05, 0.1) is 11.9 Å². The van der Waals surface area contributed by atoms with Gasteiger partial charge in [-0.15, -0.1) is 0 Å². The number of aliphatic carboxylic acids is 1. The second kappa shape index (κ2) is 4.40. The van der Waals surface area contributed by atoms with Crippen LogP contribution in [0.1, 0.15) is 13.3 Å². The molecular formula is C8H11N3O3. The summed E-state index contributed by atoms with van der Waals surface area (Å²) in [5.74, 6) is -1.70. The third-order valence-corrected chi connectivity index (χ3v) is 1.55. The summed E-state index contributed by atoms with van der Waals surface area (Å²) < 4.78 is 1.64. The highest BCUT2D eigenvalue weighted by atomic mass is 16.4. The van der Waals surface area contributed by atoms with Gasteiger partial charge in [0.15, 0.2) is 0 Å². The van der Waals surface area contributed by atoms with Crippen LogP contribution in [0.4, 0.5) is 5.69 Å². The lowest BCUT2D eigenvalue weighted by Gasteiger charge is -1.98. The molecule has 1 rings (SSSR count). The van der Waals surface area contributed by atoms with Crippen LogP contribution in [0.3, 0.4) is 0 Å². The summed E-state index contributed by atoms with van der Waals surface area (Å²) in [5.41, 5.74) is 0.512. The first-order valence-corrected chi connectivity index (χ1v) is 4.16. The number of rotatable bonds is 4. The Labute approximate surface area is 80.5 Å². The fourth-order valence-electron chi connectivity index (χ4n) is 0.944. The van der Waals surface area contributed by atoms with Gasteiger partial charge in [-0.3, -0.25) is 14.3 Å². The van der Waals surface area contributed by atoms with Gasteiger partial charge >= 0.3 is 5.97 Å². The van der Waals surface area contributed by atoms with E-state index in [2.05, 4.69) is 10.4 Å². The Kier molecular flexibility index (Phi) is 3.22. The maximum atomic E-state index is 11.0. The van der Waals surface area contributed by atoms with Crippen molar-refractivity contribution in [3.8, 4) is 0 Å². The SMILES string of the molecule is CCn1cc(NC(=O)CC(=O)O)cn1. The minimum absolute atomic E-state index is 0.512. The number of carboxylic acids is 1. The van der Waals surface area contributed by atoms with Gasteiger partial charge in [-0.1, -0.05) is 0 Å². The number of carbonyl (C=O) groups excluding carboxylic acids is 1. The number of hydrogen-bond acceptors (Lipinski definition) is 3. The maximum absolute atomic E-state index is 11.0. The third-order valence-electron chi connectivity index (χ3n) is 1.55. The van der Waals surface area contributed by atoms with E-state index in [0.717, 1.165) is 0 Å². The summed E-state index contributed by atoms with van der Waals surface area (Å²) in [4.78, 5) is 21.2. The topological polar surface area (TPSA) is 84.2 Å². The third kappa shape index (κ3) is 2.89. The summed E-state index contributed by atoms with van der Waals surface area (Å²) in [7, 11) is 0. The molecule has 0 radical (unpaired) electrons. The molecule has 2 N–H and O–H groups in total. The van der Waals surface area contributed by atoms with Crippen LogP contribution in [0.5, 0.6) is 0 Å². The molecule has 0 bridgehead atoms. The number of aryl methyl sites for hydroxylation is 1. The van der Waals surface area contributed by atoms with E-state index in [1.54, 1.807) is 10.9 Å².